The van der Waals surface area contributed by atoms with Crippen molar-refractivity contribution in [3.63, 3.8) is 0 Å². The SMILES string of the molecule is CCC1(C)C=CC(C=O)=CC1. The van der Waals surface area contributed by atoms with Gasteiger partial charge in [-0.05, 0) is 18.3 Å². The Hall–Kier alpha value is -0.850. The monoisotopic (exact) mass is 150 g/mol. The van der Waals surface area contributed by atoms with Gasteiger partial charge in [-0.2, -0.15) is 0 Å². The second-order valence-corrected chi connectivity index (χ2v) is 3.37. The molecule has 0 aliphatic heterocycles. The Morgan fingerprint density at radius 3 is 2.82 bits per heavy atom. The molecule has 0 aromatic rings. The third-order valence-electron chi connectivity index (χ3n) is 2.43. The zero-order valence-electron chi connectivity index (χ0n) is 7.13. The first-order valence-corrected chi connectivity index (χ1v) is 4.05. The number of hydrogen-bond acceptors (Lipinski definition) is 1. The van der Waals surface area contributed by atoms with Crippen LogP contribution in [-0.4, -0.2) is 6.29 Å². The predicted molar refractivity (Wildman–Crippen MR) is 46.3 cm³/mol. The molecule has 1 aliphatic carbocycles. The number of aldehydes is 1. The van der Waals surface area contributed by atoms with Crippen molar-refractivity contribution >= 4 is 6.29 Å². The third kappa shape index (κ3) is 1.79. The van der Waals surface area contributed by atoms with E-state index in [4.69, 9.17) is 0 Å². The molecule has 11 heavy (non-hydrogen) atoms. The van der Waals surface area contributed by atoms with E-state index in [0.29, 0.717) is 0 Å². The fourth-order valence-corrected chi connectivity index (χ4v) is 1.13. The van der Waals surface area contributed by atoms with Gasteiger partial charge in [-0.3, -0.25) is 4.79 Å². The number of carbonyl (C=O) groups excluding carboxylic acids is 1. The summed E-state index contributed by atoms with van der Waals surface area (Å²) in [6, 6.07) is 0. The molecule has 1 nitrogen and oxygen atoms in total. The van der Waals surface area contributed by atoms with Gasteiger partial charge in [0.1, 0.15) is 6.29 Å². The molecule has 0 heterocycles. The predicted octanol–water partition coefficient (Wildman–Crippen LogP) is 2.49. The molecule has 1 rings (SSSR count). The lowest BCUT2D eigenvalue weighted by molar-refractivity contribution is -0.104. The van der Waals surface area contributed by atoms with E-state index in [1.54, 1.807) is 0 Å². The summed E-state index contributed by atoms with van der Waals surface area (Å²) in [6.45, 7) is 4.38. The van der Waals surface area contributed by atoms with Crippen LogP contribution in [0, 0.1) is 5.41 Å². The fourth-order valence-electron chi connectivity index (χ4n) is 1.13. The molecule has 0 saturated carbocycles. The second kappa shape index (κ2) is 3.04. The molecule has 0 radical (unpaired) electrons. The van der Waals surface area contributed by atoms with Crippen molar-refractivity contribution in [1.29, 1.82) is 0 Å². The first kappa shape index (κ1) is 8.25. The maximum Gasteiger partial charge on any atom is 0.149 e. The van der Waals surface area contributed by atoms with Crippen LogP contribution in [-0.2, 0) is 4.79 Å². The average Bonchev–Trinajstić information content (AvgIpc) is 2.06. The molecule has 0 saturated heterocycles. The number of hydrogen-bond donors (Lipinski definition) is 0. The summed E-state index contributed by atoms with van der Waals surface area (Å²) in [5.74, 6) is 0. The van der Waals surface area contributed by atoms with Gasteiger partial charge in [-0.25, -0.2) is 0 Å². The van der Waals surface area contributed by atoms with Gasteiger partial charge in [0.05, 0.1) is 0 Å². The van der Waals surface area contributed by atoms with Crippen LogP contribution in [0.4, 0.5) is 0 Å². The molecule has 0 bridgehead atoms. The molecular weight excluding hydrogens is 136 g/mol. The normalized spacial score (nSPS) is 29.8. The summed E-state index contributed by atoms with van der Waals surface area (Å²) in [6.07, 6.45) is 9.10. The minimum atomic E-state index is 0.284. The maximum absolute atomic E-state index is 10.3. The van der Waals surface area contributed by atoms with E-state index in [1.165, 1.54) is 0 Å². The van der Waals surface area contributed by atoms with Gasteiger partial charge in [-0.1, -0.05) is 32.1 Å². The van der Waals surface area contributed by atoms with Gasteiger partial charge in [0.2, 0.25) is 0 Å². The van der Waals surface area contributed by atoms with E-state index >= 15 is 0 Å². The summed E-state index contributed by atoms with van der Waals surface area (Å²) < 4.78 is 0. The molecule has 1 aliphatic rings. The van der Waals surface area contributed by atoms with Crippen molar-refractivity contribution in [2.24, 2.45) is 5.41 Å². The van der Waals surface area contributed by atoms with Crippen LogP contribution in [0.15, 0.2) is 23.8 Å². The average molecular weight is 150 g/mol. The molecule has 60 valence electrons. The molecule has 0 N–H and O–H groups in total. The zero-order chi connectivity index (χ0) is 8.32. The fraction of sp³-hybridized carbons (Fsp3) is 0.500. The van der Waals surface area contributed by atoms with Gasteiger partial charge in [0.15, 0.2) is 0 Å². The van der Waals surface area contributed by atoms with Crippen LogP contribution >= 0.6 is 0 Å². The highest BCUT2D eigenvalue weighted by Crippen LogP contribution is 2.31. The molecule has 0 aromatic heterocycles. The minimum absolute atomic E-state index is 0.284. The standard InChI is InChI=1S/C10H14O/c1-3-10(2)6-4-9(8-11)5-7-10/h4-6,8H,3,7H2,1-2H3. The quantitative estimate of drug-likeness (QED) is 0.553. The Balaban J connectivity index is 2.70. The lowest BCUT2D eigenvalue weighted by atomic mass is 9.80. The van der Waals surface area contributed by atoms with Crippen molar-refractivity contribution in [2.75, 3.05) is 0 Å². The summed E-state index contributed by atoms with van der Waals surface area (Å²) in [7, 11) is 0. The zero-order valence-corrected chi connectivity index (χ0v) is 7.13. The van der Waals surface area contributed by atoms with Gasteiger partial charge >= 0.3 is 0 Å². The van der Waals surface area contributed by atoms with Crippen LogP contribution in [0.25, 0.3) is 0 Å². The number of allylic oxidation sites excluding steroid dienone is 4. The minimum Gasteiger partial charge on any atom is -0.298 e. The first-order chi connectivity index (χ1) is 5.20. The van der Waals surface area contributed by atoms with E-state index in [-0.39, 0.29) is 5.41 Å². The lowest BCUT2D eigenvalue weighted by Gasteiger charge is -2.25. The summed E-state index contributed by atoms with van der Waals surface area (Å²) in [4.78, 5) is 10.3. The maximum atomic E-state index is 10.3. The highest BCUT2D eigenvalue weighted by atomic mass is 16.1. The summed E-state index contributed by atoms with van der Waals surface area (Å²) in [5.41, 5.74) is 1.10. The van der Waals surface area contributed by atoms with E-state index in [0.717, 1.165) is 24.7 Å². The van der Waals surface area contributed by atoms with Crippen LogP contribution in [0.3, 0.4) is 0 Å². The van der Waals surface area contributed by atoms with Gasteiger partial charge < -0.3 is 0 Å². The topological polar surface area (TPSA) is 17.1 Å². The van der Waals surface area contributed by atoms with E-state index in [9.17, 15) is 4.79 Å². The van der Waals surface area contributed by atoms with Crippen LogP contribution < -0.4 is 0 Å². The molecule has 1 atom stereocenters. The van der Waals surface area contributed by atoms with Crippen LogP contribution in [0.1, 0.15) is 26.7 Å². The van der Waals surface area contributed by atoms with Gasteiger partial charge in [0.25, 0.3) is 0 Å². The Morgan fingerprint density at radius 2 is 2.45 bits per heavy atom. The Kier molecular flexibility index (Phi) is 2.28. The van der Waals surface area contributed by atoms with Crippen LogP contribution in [0.2, 0.25) is 0 Å². The third-order valence-corrected chi connectivity index (χ3v) is 2.43. The summed E-state index contributed by atoms with van der Waals surface area (Å²) >= 11 is 0. The van der Waals surface area contributed by atoms with Gasteiger partial charge in [0, 0.05) is 5.57 Å². The molecule has 0 spiro atoms. The van der Waals surface area contributed by atoms with E-state index < -0.39 is 0 Å². The Bertz CT molecular complexity index is 213. The highest BCUT2D eigenvalue weighted by Gasteiger charge is 2.19. The van der Waals surface area contributed by atoms with Crippen molar-refractivity contribution in [3.8, 4) is 0 Å². The summed E-state index contributed by atoms with van der Waals surface area (Å²) in [5, 5.41) is 0. The second-order valence-electron chi connectivity index (χ2n) is 3.37. The van der Waals surface area contributed by atoms with Crippen molar-refractivity contribution in [2.45, 2.75) is 26.7 Å². The van der Waals surface area contributed by atoms with Gasteiger partial charge in [-0.15, -0.1) is 0 Å². The Labute approximate surface area is 67.8 Å². The van der Waals surface area contributed by atoms with Crippen molar-refractivity contribution in [1.82, 2.24) is 0 Å². The smallest absolute Gasteiger partial charge is 0.149 e. The van der Waals surface area contributed by atoms with E-state index in [2.05, 4.69) is 19.9 Å². The lowest BCUT2D eigenvalue weighted by Crippen LogP contribution is -2.13. The van der Waals surface area contributed by atoms with Crippen molar-refractivity contribution in [3.05, 3.63) is 23.8 Å². The molecule has 0 aromatic carbocycles. The first-order valence-electron chi connectivity index (χ1n) is 4.05. The van der Waals surface area contributed by atoms with Crippen LogP contribution in [0.5, 0.6) is 0 Å². The highest BCUT2D eigenvalue weighted by molar-refractivity contribution is 5.77. The van der Waals surface area contributed by atoms with Crippen molar-refractivity contribution < 1.29 is 4.79 Å². The number of rotatable bonds is 2. The molecule has 0 amide bonds. The molecule has 1 heteroatoms. The molecule has 1 unspecified atom stereocenters. The largest absolute Gasteiger partial charge is 0.298 e. The Morgan fingerprint density at radius 1 is 1.73 bits per heavy atom. The molecular formula is C10H14O. The van der Waals surface area contributed by atoms with E-state index in [1.807, 2.05) is 12.2 Å². The number of carbonyl (C=O) groups is 1. The molecule has 0 fully saturated rings.